The fraction of sp³-hybridized carbons (Fsp3) is 0.333. The minimum Gasteiger partial charge on any atom is -0.246 e. The third kappa shape index (κ3) is 3.98. The molecule has 27 heavy (non-hydrogen) atoms. The van der Waals surface area contributed by atoms with Crippen molar-refractivity contribution in [1.29, 1.82) is 0 Å². The Morgan fingerprint density at radius 2 is 1.74 bits per heavy atom. The summed E-state index contributed by atoms with van der Waals surface area (Å²) in [5, 5.41) is 6.61. The van der Waals surface area contributed by atoms with Gasteiger partial charge in [0.15, 0.2) is 0 Å². The molecule has 0 aliphatic heterocycles. The van der Waals surface area contributed by atoms with Gasteiger partial charge in [-0.3, -0.25) is 0 Å². The van der Waals surface area contributed by atoms with Gasteiger partial charge in [0, 0.05) is 23.0 Å². The van der Waals surface area contributed by atoms with Crippen molar-refractivity contribution in [3.8, 4) is 10.6 Å². The molecule has 0 atom stereocenters. The molecule has 1 aliphatic rings. The number of aryl methyl sites for hydroxylation is 1. The third-order valence-electron chi connectivity index (χ3n) is 5.16. The second-order valence-electron chi connectivity index (χ2n) is 7.00. The highest BCUT2D eigenvalue weighted by Gasteiger charge is 2.36. The van der Waals surface area contributed by atoms with Crippen LogP contribution in [0.3, 0.4) is 0 Å². The number of alkyl halides is 1. The van der Waals surface area contributed by atoms with Gasteiger partial charge >= 0.3 is 0 Å². The van der Waals surface area contributed by atoms with Crippen molar-refractivity contribution >= 4 is 34.5 Å². The standard InChI is InChI=1S/C21H21Cl2N3S/c1-26-20(27-19(25-26)15-7-9-17(22)10-8-15)24-21(13-11-18(23)12-14-21)16-5-3-2-4-6-16/h2-10,18H,11-14H2,1H3. The highest BCUT2D eigenvalue weighted by Crippen LogP contribution is 2.42. The average Bonchev–Trinajstić information content (AvgIpc) is 3.05. The average molecular weight is 418 g/mol. The van der Waals surface area contributed by atoms with E-state index < -0.39 is 0 Å². The quantitative estimate of drug-likeness (QED) is 0.496. The smallest absolute Gasteiger partial charge is 0.204 e. The molecule has 0 unspecified atom stereocenters. The van der Waals surface area contributed by atoms with Gasteiger partial charge in [-0.25, -0.2) is 9.67 Å². The maximum Gasteiger partial charge on any atom is 0.204 e. The zero-order chi connectivity index (χ0) is 18.9. The van der Waals surface area contributed by atoms with Crippen LogP contribution in [0.5, 0.6) is 0 Å². The van der Waals surface area contributed by atoms with Crippen molar-refractivity contribution in [3.63, 3.8) is 0 Å². The summed E-state index contributed by atoms with van der Waals surface area (Å²) in [6.45, 7) is 0. The molecule has 2 aromatic carbocycles. The van der Waals surface area contributed by atoms with Crippen LogP contribution in [0, 0.1) is 0 Å². The van der Waals surface area contributed by atoms with Crippen molar-refractivity contribution < 1.29 is 0 Å². The van der Waals surface area contributed by atoms with Crippen molar-refractivity contribution in [2.75, 3.05) is 0 Å². The predicted octanol–water partition coefficient (Wildman–Crippen LogP) is 5.78. The summed E-state index contributed by atoms with van der Waals surface area (Å²) < 4.78 is 1.88. The summed E-state index contributed by atoms with van der Waals surface area (Å²) in [5.74, 6) is 0. The molecule has 0 radical (unpaired) electrons. The summed E-state index contributed by atoms with van der Waals surface area (Å²) in [6, 6.07) is 18.4. The van der Waals surface area contributed by atoms with Gasteiger partial charge in [-0.15, -0.1) is 11.6 Å². The molecule has 0 saturated heterocycles. The lowest BCUT2D eigenvalue weighted by molar-refractivity contribution is 0.300. The fourth-order valence-corrected chi connectivity index (χ4v) is 4.94. The van der Waals surface area contributed by atoms with Crippen molar-refractivity contribution in [3.05, 3.63) is 70.0 Å². The van der Waals surface area contributed by atoms with Crippen LogP contribution in [0.15, 0.2) is 59.6 Å². The van der Waals surface area contributed by atoms with E-state index in [1.54, 1.807) is 11.3 Å². The number of rotatable bonds is 3. The molecule has 6 heteroatoms. The van der Waals surface area contributed by atoms with Crippen LogP contribution < -0.4 is 4.80 Å². The molecule has 1 heterocycles. The minimum absolute atomic E-state index is 0.228. The van der Waals surface area contributed by atoms with Crippen molar-refractivity contribution in [1.82, 2.24) is 9.78 Å². The summed E-state index contributed by atoms with van der Waals surface area (Å²) in [7, 11) is 1.96. The van der Waals surface area contributed by atoms with Gasteiger partial charge in [-0.1, -0.05) is 65.4 Å². The Morgan fingerprint density at radius 1 is 1.07 bits per heavy atom. The molecule has 1 aromatic heterocycles. The lowest BCUT2D eigenvalue weighted by Gasteiger charge is -2.35. The topological polar surface area (TPSA) is 30.2 Å². The molecule has 1 saturated carbocycles. The fourth-order valence-electron chi connectivity index (χ4n) is 3.61. The Morgan fingerprint density at radius 3 is 2.41 bits per heavy atom. The number of hydrogen-bond acceptors (Lipinski definition) is 3. The number of nitrogens with zero attached hydrogens (tertiary/aromatic N) is 3. The monoisotopic (exact) mass is 417 g/mol. The Hall–Kier alpha value is -1.62. The van der Waals surface area contributed by atoms with E-state index in [2.05, 4.69) is 35.4 Å². The first kappa shape index (κ1) is 18.7. The number of aromatic nitrogens is 2. The van der Waals surface area contributed by atoms with Gasteiger partial charge in [0.25, 0.3) is 0 Å². The third-order valence-corrected chi connectivity index (χ3v) is 6.90. The molecule has 4 rings (SSSR count). The zero-order valence-electron chi connectivity index (χ0n) is 15.1. The molecule has 3 nitrogen and oxygen atoms in total. The Balaban J connectivity index is 1.78. The van der Waals surface area contributed by atoms with Crippen LogP contribution >= 0.6 is 34.5 Å². The van der Waals surface area contributed by atoms with E-state index >= 15 is 0 Å². The van der Waals surface area contributed by atoms with E-state index in [9.17, 15) is 0 Å². The lowest BCUT2D eigenvalue weighted by atomic mass is 9.77. The molecule has 0 bridgehead atoms. The van der Waals surface area contributed by atoms with Gasteiger partial charge in [0.1, 0.15) is 5.01 Å². The van der Waals surface area contributed by atoms with Crippen LogP contribution in [0.25, 0.3) is 10.6 Å². The van der Waals surface area contributed by atoms with Gasteiger partial charge < -0.3 is 0 Å². The van der Waals surface area contributed by atoms with Crippen LogP contribution in [-0.4, -0.2) is 15.2 Å². The van der Waals surface area contributed by atoms with E-state index in [0.29, 0.717) is 0 Å². The number of benzene rings is 2. The highest BCUT2D eigenvalue weighted by molar-refractivity contribution is 7.12. The lowest BCUT2D eigenvalue weighted by Crippen LogP contribution is -2.33. The molecule has 0 N–H and O–H groups in total. The predicted molar refractivity (Wildman–Crippen MR) is 113 cm³/mol. The molecule has 1 aliphatic carbocycles. The van der Waals surface area contributed by atoms with E-state index in [1.807, 2.05) is 36.0 Å². The maximum atomic E-state index is 6.40. The van der Waals surface area contributed by atoms with Crippen molar-refractivity contribution in [2.24, 2.45) is 12.0 Å². The maximum absolute atomic E-state index is 6.40. The first-order valence-electron chi connectivity index (χ1n) is 9.11. The van der Waals surface area contributed by atoms with E-state index in [1.165, 1.54) is 5.56 Å². The van der Waals surface area contributed by atoms with Gasteiger partial charge in [-0.05, 0) is 43.4 Å². The summed E-state index contributed by atoms with van der Waals surface area (Å²) >= 11 is 14.0. The largest absolute Gasteiger partial charge is 0.246 e. The van der Waals surface area contributed by atoms with Crippen LogP contribution in [-0.2, 0) is 12.6 Å². The Kier molecular flexibility index (Phi) is 5.40. The second kappa shape index (κ2) is 7.78. The van der Waals surface area contributed by atoms with Crippen LogP contribution in [0.4, 0.5) is 0 Å². The van der Waals surface area contributed by atoms with Crippen LogP contribution in [0.1, 0.15) is 31.2 Å². The SMILES string of the molecule is Cn1nc(-c2ccc(Cl)cc2)sc1=NC1(c2ccccc2)CCC(Cl)CC1. The zero-order valence-corrected chi connectivity index (χ0v) is 17.4. The van der Waals surface area contributed by atoms with Gasteiger partial charge in [-0.2, -0.15) is 5.10 Å². The first-order chi connectivity index (χ1) is 13.1. The molecule has 0 spiro atoms. The molecule has 3 aromatic rings. The van der Waals surface area contributed by atoms with Gasteiger partial charge in [0.05, 0.1) is 5.54 Å². The molecular formula is C21H21Cl2N3S. The van der Waals surface area contributed by atoms with Crippen LogP contribution in [0.2, 0.25) is 5.02 Å². The van der Waals surface area contributed by atoms with Crippen molar-refractivity contribution in [2.45, 2.75) is 36.6 Å². The normalized spacial score (nSPS) is 23.5. The second-order valence-corrected chi connectivity index (χ2v) is 9.01. The number of halogens is 2. The first-order valence-corrected chi connectivity index (χ1v) is 10.7. The summed E-state index contributed by atoms with van der Waals surface area (Å²) in [6.07, 6.45) is 3.87. The van der Waals surface area contributed by atoms with E-state index in [-0.39, 0.29) is 10.9 Å². The van der Waals surface area contributed by atoms with E-state index in [4.69, 9.17) is 28.2 Å². The Labute approximate surface area is 173 Å². The Bertz CT molecular complexity index is 969. The van der Waals surface area contributed by atoms with Gasteiger partial charge in [0.2, 0.25) is 4.80 Å². The number of hydrogen-bond donors (Lipinski definition) is 0. The summed E-state index contributed by atoms with van der Waals surface area (Å²) in [4.78, 5) is 6.18. The highest BCUT2D eigenvalue weighted by atomic mass is 35.5. The molecular weight excluding hydrogens is 397 g/mol. The molecule has 1 fully saturated rings. The molecule has 0 amide bonds. The summed E-state index contributed by atoms with van der Waals surface area (Å²) in [5.41, 5.74) is 2.09. The van der Waals surface area contributed by atoms with E-state index in [0.717, 1.165) is 46.1 Å². The molecule has 140 valence electrons. The minimum atomic E-state index is -0.228.